The molecule has 2 atom stereocenters. The van der Waals surface area contributed by atoms with Gasteiger partial charge >= 0.3 is 0 Å². The molecule has 15 heavy (non-hydrogen) atoms. The first-order chi connectivity index (χ1) is 7.20. The van der Waals surface area contributed by atoms with Crippen molar-refractivity contribution < 1.29 is 4.74 Å². The van der Waals surface area contributed by atoms with E-state index >= 15 is 0 Å². The SMILES string of the molecule is CNCC(C)C(C)c1ncccc1OC. The Hall–Kier alpha value is -1.09. The normalized spacial score (nSPS) is 14.7. The molecule has 0 aromatic carbocycles. The van der Waals surface area contributed by atoms with Crippen molar-refractivity contribution in [3.8, 4) is 5.75 Å². The lowest BCUT2D eigenvalue weighted by Gasteiger charge is -2.20. The highest BCUT2D eigenvalue weighted by atomic mass is 16.5. The molecule has 0 aliphatic rings. The summed E-state index contributed by atoms with van der Waals surface area (Å²) < 4.78 is 5.31. The molecule has 1 rings (SSSR count). The van der Waals surface area contributed by atoms with E-state index in [1.54, 1.807) is 7.11 Å². The van der Waals surface area contributed by atoms with Gasteiger partial charge in [-0.3, -0.25) is 4.98 Å². The minimum absolute atomic E-state index is 0.397. The van der Waals surface area contributed by atoms with E-state index in [0.717, 1.165) is 18.0 Å². The first-order valence-corrected chi connectivity index (χ1v) is 5.34. The fourth-order valence-corrected chi connectivity index (χ4v) is 1.69. The predicted molar refractivity (Wildman–Crippen MR) is 62.3 cm³/mol. The summed E-state index contributed by atoms with van der Waals surface area (Å²) in [6.07, 6.45) is 1.82. The van der Waals surface area contributed by atoms with E-state index in [9.17, 15) is 0 Å². The molecular weight excluding hydrogens is 188 g/mol. The first-order valence-electron chi connectivity index (χ1n) is 5.34. The van der Waals surface area contributed by atoms with Crippen LogP contribution in [0, 0.1) is 5.92 Å². The molecule has 0 saturated carbocycles. The molecule has 2 unspecified atom stereocenters. The minimum Gasteiger partial charge on any atom is -0.495 e. The Bertz CT molecular complexity index is 301. The second-order valence-electron chi connectivity index (χ2n) is 3.91. The van der Waals surface area contributed by atoms with Crippen molar-refractivity contribution in [1.29, 1.82) is 0 Å². The summed E-state index contributed by atoms with van der Waals surface area (Å²) in [5.74, 6) is 1.82. The Morgan fingerprint density at radius 3 is 2.80 bits per heavy atom. The second kappa shape index (κ2) is 5.71. The summed E-state index contributed by atoms with van der Waals surface area (Å²) in [6, 6.07) is 3.86. The highest BCUT2D eigenvalue weighted by molar-refractivity contribution is 5.29. The lowest BCUT2D eigenvalue weighted by atomic mass is 9.92. The highest BCUT2D eigenvalue weighted by Crippen LogP contribution is 2.28. The van der Waals surface area contributed by atoms with Crippen LogP contribution in [0.5, 0.6) is 5.75 Å². The predicted octanol–water partition coefficient (Wildman–Crippen LogP) is 2.05. The van der Waals surface area contributed by atoms with Gasteiger partial charge in [0.2, 0.25) is 0 Å². The zero-order valence-electron chi connectivity index (χ0n) is 9.95. The number of methoxy groups -OCH3 is 1. The van der Waals surface area contributed by atoms with Gasteiger partial charge in [-0.05, 0) is 31.6 Å². The van der Waals surface area contributed by atoms with Crippen molar-refractivity contribution in [2.45, 2.75) is 19.8 Å². The van der Waals surface area contributed by atoms with Gasteiger partial charge in [0.1, 0.15) is 5.75 Å². The van der Waals surface area contributed by atoms with Gasteiger partial charge in [0.25, 0.3) is 0 Å². The van der Waals surface area contributed by atoms with Crippen LogP contribution in [0.3, 0.4) is 0 Å². The van der Waals surface area contributed by atoms with Gasteiger partial charge in [-0.25, -0.2) is 0 Å². The molecule has 1 aromatic rings. The van der Waals surface area contributed by atoms with Crippen LogP contribution in [0.15, 0.2) is 18.3 Å². The van der Waals surface area contributed by atoms with Gasteiger partial charge in [0.05, 0.1) is 12.8 Å². The maximum absolute atomic E-state index is 5.31. The summed E-state index contributed by atoms with van der Waals surface area (Å²) in [5, 5.41) is 3.19. The van der Waals surface area contributed by atoms with E-state index in [2.05, 4.69) is 24.1 Å². The fraction of sp³-hybridized carbons (Fsp3) is 0.583. The number of hydrogen-bond donors (Lipinski definition) is 1. The number of nitrogens with one attached hydrogen (secondary N) is 1. The van der Waals surface area contributed by atoms with Crippen molar-refractivity contribution in [3.05, 3.63) is 24.0 Å². The second-order valence-corrected chi connectivity index (χ2v) is 3.91. The summed E-state index contributed by atoms with van der Waals surface area (Å²) >= 11 is 0. The van der Waals surface area contributed by atoms with Gasteiger partial charge in [-0.2, -0.15) is 0 Å². The Kier molecular flexibility index (Phi) is 4.56. The van der Waals surface area contributed by atoms with E-state index in [1.807, 2.05) is 25.4 Å². The van der Waals surface area contributed by atoms with Crippen molar-refractivity contribution in [2.24, 2.45) is 5.92 Å². The number of pyridine rings is 1. The van der Waals surface area contributed by atoms with Crippen molar-refractivity contribution in [2.75, 3.05) is 20.7 Å². The van der Waals surface area contributed by atoms with Crippen LogP contribution in [-0.2, 0) is 0 Å². The molecule has 84 valence electrons. The number of ether oxygens (including phenoxy) is 1. The van der Waals surface area contributed by atoms with E-state index in [-0.39, 0.29) is 0 Å². The van der Waals surface area contributed by atoms with Crippen LogP contribution in [-0.4, -0.2) is 25.7 Å². The van der Waals surface area contributed by atoms with Gasteiger partial charge in [0.15, 0.2) is 0 Å². The molecule has 0 fully saturated rings. The van der Waals surface area contributed by atoms with Crippen LogP contribution < -0.4 is 10.1 Å². The Balaban J connectivity index is 2.84. The third-order valence-corrected chi connectivity index (χ3v) is 2.83. The number of aromatic nitrogens is 1. The molecule has 0 spiro atoms. The lowest BCUT2D eigenvalue weighted by molar-refractivity contribution is 0.386. The van der Waals surface area contributed by atoms with Crippen LogP contribution in [0.2, 0.25) is 0 Å². The molecule has 1 aromatic heterocycles. The molecular formula is C12H20N2O. The third kappa shape index (κ3) is 2.93. The molecule has 0 aliphatic heterocycles. The summed E-state index contributed by atoms with van der Waals surface area (Å²) in [6.45, 7) is 5.39. The molecule has 3 heteroatoms. The summed E-state index contributed by atoms with van der Waals surface area (Å²) in [7, 11) is 3.66. The first kappa shape index (κ1) is 12.0. The van der Waals surface area contributed by atoms with Gasteiger partial charge in [0, 0.05) is 12.1 Å². The molecule has 0 amide bonds. The van der Waals surface area contributed by atoms with E-state index in [0.29, 0.717) is 11.8 Å². The van der Waals surface area contributed by atoms with Gasteiger partial charge < -0.3 is 10.1 Å². The Morgan fingerprint density at radius 1 is 1.47 bits per heavy atom. The van der Waals surface area contributed by atoms with Gasteiger partial charge in [-0.1, -0.05) is 13.8 Å². The molecule has 0 aliphatic carbocycles. The number of nitrogens with zero attached hydrogens (tertiary/aromatic N) is 1. The topological polar surface area (TPSA) is 34.2 Å². The largest absolute Gasteiger partial charge is 0.495 e. The molecule has 3 nitrogen and oxygen atoms in total. The average molecular weight is 208 g/mol. The average Bonchev–Trinajstić information content (AvgIpc) is 2.28. The summed E-state index contributed by atoms with van der Waals surface area (Å²) in [5.41, 5.74) is 1.04. The maximum atomic E-state index is 5.31. The van der Waals surface area contributed by atoms with Crippen LogP contribution in [0.1, 0.15) is 25.5 Å². The molecule has 0 bridgehead atoms. The highest BCUT2D eigenvalue weighted by Gasteiger charge is 2.18. The van der Waals surface area contributed by atoms with Crippen LogP contribution >= 0.6 is 0 Å². The number of rotatable bonds is 5. The van der Waals surface area contributed by atoms with E-state index in [4.69, 9.17) is 4.74 Å². The van der Waals surface area contributed by atoms with Crippen molar-refractivity contribution in [1.82, 2.24) is 10.3 Å². The summed E-state index contributed by atoms with van der Waals surface area (Å²) in [4.78, 5) is 4.40. The van der Waals surface area contributed by atoms with Gasteiger partial charge in [-0.15, -0.1) is 0 Å². The van der Waals surface area contributed by atoms with Crippen LogP contribution in [0.4, 0.5) is 0 Å². The van der Waals surface area contributed by atoms with E-state index < -0.39 is 0 Å². The molecule has 0 saturated heterocycles. The standard InChI is InChI=1S/C12H20N2O/c1-9(8-13-3)10(2)12-11(15-4)6-5-7-14-12/h5-7,9-10,13H,8H2,1-4H3. The zero-order valence-corrected chi connectivity index (χ0v) is 9.95. The fourth-order valence-electron chi connectivity index (χ4n) is 1.69. The Labute approximate surface area is 91.9 Å². The molecule has 1 N–H and O–H groups in total. The minimum atomic E-state index is 0.397. The smallest absolute Gasteiger partial charge is 0.140 e. The van der Waals surface area contributed by atoms with Crippen molar-refractivity contribution >= 4 is 0 Å². The van der Waals surface area contributed by atoms with E-state index in [1.165, 1.54) is 0 Å². The molecule has 1 heterocycles. The van der Waals surface area contributed by atoms with Crippen LogP contribution in [0.25, 0.3) is 0 Å². The number of hydrogen-bond acceptors (Lipinski definition) is 3. The zero-order chi connectivity index (χ0) is 11.3. The van der Waals surface area contributed by atoms with Crippen molar-refractivity contribution in [3.63, 3.8) is 0 Å². The lowest BCUT2D eigenvalue weighted by Crippen LogP contribution is -2.21. The Morgan fingerprint density at radius 2 is 2.20 bits per heavy atom. The quantitative estimate of drug-likeness (QED) is 0.804. The third-order valence-electron chi connectivity index (χ3n) is 2.83. The monoisotopic (exact) mass is 208 g/mol. The molecule has 0 radical (unpaired) electrons. The maximum Gasteiger partial charge on any atom is 0.140 e.